The Hall–Kier alpha value is -1.10. The van der Waals surface area contributed by atoms with Crippen molar-refractivity contribution >= 4 is 33.0 Å². The highest BCUT2D eigenvalue weighted by Gasteiger charge is 2.27. The molecule has 3 nitrogen and oxygen atoms in total. The van der Waals surface area contributed by atoms with Gasteiger partial charge in [0.2, 0.25) is 0 Å². The fraction of sp³-hybridized carbons (Fsp3) is 0.333. The molecule has 0 bridgehead atoms. The predicted octanol–water partition coefficient (Wildman–Crippen LogP) is 2.54. The van der Waals surface area contributed by atoms with Crippen LogP contribution in [0, 0.1) is 0 Å². The summed E-state index contributed by atoms with van der Waals surface area (Å²) in [6.45, 7) is 0.724. The number of hydrogen-bond donors (Lipinski definition) is 1. The van der Waals surface area contributed by atoms with Crippen molar-refractivity contribution in [2.24, 2.45) is 0 Å². The Balaban J connectivity index is 0.00000147. The number of benzene rings is 2. The second-order valence-corrected chi connectivity index (χ2v) is 7.35. The van der Waals surface area contributed by atoms with E-state index >= 15 is 0 Å². The van der Waals surface area contributed by atoms with E-state index in [9.17, 15) is 8.42 Å². The van der Waals surface area contributed by atoms with Gasteiger partial charge in [-0.25, -0.2) is 8.42 Å². The monoisotopic (exact) mass is 311 g/mol. The van der Waals surface area contributed by atoms with Gasteiger partial charge < -0.3 is 5.32 Å². The van der Waals surface area contributed by atoms with Crippen molar-refractivity contribution in [1.29, 1.82) is 0 Å². The molecule has 0 aromatic heterocycles. The van der Waals surface area contributed by atoms with Crippen molar-refractivity contribution in [2.45, 2.75) is 19.0 Å². The Morgan fingerprint density at radius 1 is 1.10 bits per heavy atom. The molecule has 0 radical (unpaired) electrons. The smallest absolute Gasteiger partial charge is 0.151 e. The van der Waals surface area contributed by atoms with Gasteiger partial charge in [0.05, 0.1) is 11.5 Å². The molecule has 108 valence electrons. The zero-order chi connectivity index (χ0) is 13.3. The number of hydrogen-bond acceptors (Lipinski definition) is 3. The molecule has 3 rings (SSSR count). The first kappa shape index (κ1) is 15.3. The SMILES string of the molecule is Cl.O=S1(=O)CCC(NCc2cccc3ccccc23)C1. The summed E-state index contributed by atoms with van der Waals surface area (Å²) in [5, 5.41) is 5.82. The summed E-state index contributed by atoms with van der Waals surface area (Å²) in [5.74, 6) is 0.595. The predicted molar refractivity (Wildman–Crippen MR) is 85.1 cm³/mol. The lowest BCUT2D eigenvalue weighted by atomic mass is 10.0. The van der Waals surface area contributed by atoms with Gasteiger partial charge in [-0.3, -0.25) is 0 Å². The van der Waals surface area contributed by atoms with Gasteiger partial charge in [-0.05, 0) is 22.8 Å². The molecule has 20 heavy (non-hydrogen) atoms. The number of sulfone groups is 1. The van der Waals surface area contributed by atoms with Crippen LogP contribution in [-0.4, -0.2) is 26.0 Å². The quantitative estimate of drug-likeness (QED) is 0.947. The fourth-order valence-corrected chi connectivity index (χ4v) is 4.36. The molecule has 1 fully saturated rings. The summed E-state index contributed by atoms with van der Waals surface area (Å²) in [6, 6.07) is 14.6. The maximum absolute atomic E-state index is 11.4. The molecule has 1 aliphatic heterocycles. The normalized spacial score (nSPS) is 20.7. The first-order valence-corrected chi connectivity index (χ1v) is 8.37. The zero-order valence-electron chi connectivity index (χ0n) is 11.1. The third-order valence-corrected chi connectivity index (χ3v) is 5.46. The third-order valence-electron chi connectivity index (χ3n) is 3.69. The first-order valence-electron chi connectivity index (χ1n) is 6.54. The highest BCUT2D eigenvalue weighted by Crippen LogP contribution is 2.19. The Kier molecular flexibility index (Phi) is 4.68. The molecule has 5 heteroatoms. The van der Waals surface area contributed by atoms with E-state index in [4.69, 9.17) is 0 Å². The van der Waals surface area contributed by atoms with Crippen molar-refractivity contribution in [2.75, 3.05) is 11.5 Å². The van der Waals surface area contributed by atoms with Crippen molar-refractivity contribution < 1.29 is 8.42 Å². The summed E-state index contributed by atoms with van der Waals surface area (Å²) in [5.41, 5.74) is 1.22. The van der Waals surface area contributed by atoms with Crippen LogP contribution in [0.5, 0.6) is 0 Å². The van der Waals surface area contributed by atoms with Gasteiger partial charge in [-0.15, -0.1) is 12.4 Å². The summed E-state index contributed by atoms with van der Waals surface area (Å²) in [4.78, 5) is 0. The Morgan fingerprint density at radius 3 is 2.60 bits per heavy atom. The Labute approximate surface area is 125 Å². The van der Waals surface area contributed by atoms with Crippen LogP contribution in [0.25, 0.3) is 10.8 Å². The zero-order valence-corrected chi connectivity index (χ0v) is 12.7. The molecular weight excluding hydrogens is 294 g/mol. The van der Waals surface area contributed by atoms with Gasteiger partial charge in [0.15, 0.2) is 9.84 Å². The average Bonchev–Trinajstić information content (AvgIpc) is 2.76. The maximum Gasteiger partial charge on any atom is 0.151 e. The molecular formula is C15H18ClNO2S. The van der Waals surface area contributed by atoms with Crippen LogP contribution in [0.1, 0.15) is 12.0 Å². The van der Waals surface area contributed by atoms with Crippen molar-refractivity contribution in [3.63, 3.8) is 0 Å². The van der Waals surface area contributed by atoms with E-state index in [0.29, 0.717) is 5.75 Å². The van der Waals surface area contributed by atoms with Gasteiger partial charge in [0, 0.05) is 12.6 Å². The molecule has 1 aliphatic rings. The lowest BCUT2D eigenvalue weighted by Crippen LogP contribution is -2.29. The molecule has 2 aromatic rings. The standard InChI is InChI=1S/C15H17NO2S.ClH/c17-19(18)9-8-14(11-19)16-10-13-6-3-5-12-4-1-2-7-15(12)13;/h1-7,14,16H,8-11H2;1H. The molecule has 0 spiro atoms. The summed E-state index contributed by atoms with van der Waals surface area (Å²) in [6.07, 6.45) is 0.729. The summed E-state index contributed by atoms with van der Waals surface area (Å²) >= 11 is 0. The molecule has 0 amide bonds. The van der Waals surface area contributed by atoms with Gasteiger partial charge in [-0.1, -0.05) is 42.5 Å². The van der Waals surface area contributed by atoms with Crippen LogP contribution >= 0.6 is 12.4 Å². The molecule has 0 aliphatic carbocycles. The van der Waals surface area contributed by atoms with Crippen LogP contribution in [0.3, 0.4) is 0 Å². The van der Waals surface area contributed by atoms with Gasteiger partial charge >= 0.3 is 0 Å². The van der Waals surface area contributed by atoms with E-state index in [1.165, 1.54) is 16.3 Å². The molecule has 1 N–H and O–H groups in total. The molecule has 0 saturated carbocycles. The molecule has 1 atom stereocenters. The molecule has 2 aromatic carbocycles. The fourth-order valence-electron chi connectivity index (χ4n) is 2.66. The highest BCUT2D eigenvalue weighted by molar-refractivity contribution is 7.91. The number of nitrogens with one attached hydrogen (secondary N) is 1. The lowest BCUT2D eigenvalue weighted by molar-refractivity contribution is 0.555. The Bertz CT molecular complexity index is 695. The first-order chi connectivity index (χ1) is 9.14. The minimum absolute atomic E-state index is 0. The minimum atomic E-state index is -2.80. The van der Waals surface area contributed by atoms with Crippen LogP contribution in [0.4, 0.5) is 0 Å². The minimum Gasteiger partial charge on any atom is -0.309 e. The summed E-state index contributed by atoms with van der Waals surface area (Å²) < 4.78 is 22.8. The van der Waals surface area contributed by atoms with Crippen LogP contribution in [0.2, 0.25) is 0 Å². The van der Waals surface area contributed by atoms with E-state index < -0.39 is 9.84 Å². The van der Waals surface area contributed by atoms with Gasteiger partial charge in [0.25, 0.3) is 0 Å². The van der Waals surface area contributed by atoms with E-state index in [1.54, 1.807) is 0 Å². The average molecular weight is 312 g/mol. The second kappa shape index (κ2) is 6.12. The second-order valence-electron chi connectivity index (χ2n) is 5.12. The van der Waals surface area contributed by atoms with Crippen LogP contribution in [-0.2, 0) is 16.4 Å². The highest BCUT2D eigenvalue weighted by atomic mass is 35.5. The summed E-state index contributed by atoms with van der Waals surface area (Å²) in [7, 11) is -2.80. The van der Waals surface area contributed by atoms with Crippen molar-refractivity contribution in [3.05, 3.63) is 48.0 Å². The maximum atomic E-state index is 11.4. The van der Waals surface area contributed by atoms with Crippen molar-refractivity contribution in [1.82, 2.24) is 5.32 Å². The van der Waals surface area contributed by atoms with Crippen LogP contribution in [0.15, 0.2) is 42.5 Å². The third kappa shape index (κ3) is 3.32. The van der Waals surface area contributed by atoms with E-state index in [2.05, 4.69) is 29.6 Å². The van der Waals surface area contributed by atoms with Gasteiger partial charge in [-0.2, -0.15) is 0 Å². The van der Waals surface area contributed by atoms with E-state index in [-0.39, 0.29) is 24.2 Å². The number of halogens is 1. The molecule has 1 saturated heterocycles. The number of fused-ring (bicyclic) bond motifs is 1. The number of rotatable bonds is 3. The Morgan fingerprint density at radius 2 is 1.85 bits per heavy atom. The molecule has 1 heterocycles. The van der Waals surface area contributed by atoms with Gasteiger partial charge in [0.1, 0.15) is 0 Å². The van der Waals surface area contributed by atoms with E-state index in [1.807, 2.05) is 18.2 Å². The van der Waals surface area contributed by atoms with Crippen LogP contribution < -0.4 is 5.32 Å². The largest absolute Gasteiger partial charge is 0.309 e. The lowest BCUT2D eigenvalue weighted by Gasteiger charge is -2.12. The van der Waals surface area contributed by atoms with E-state index in [0.717, 1.165) is 13.0 Å². The van der Waals surface area contributed by atoms with Crippen molar-refractivity contribution in [3.8, 4) is 0 Å². The molecule has 1 unspecified atom stereocenters. The topological polar surface area (TPSA) is 46.2 Å².